The highest BCUT2D eigenvalue weighted by Crippen LogP contribution is 2.33. The maximum absolute atomic E-state index is 13.0. The summed E-state index contributed by atoms with van der Waals surface area (Å²) in [6, 6.07) is 22.7. The number of rotatable bonds is 5. The lowest BCUT2D eigenvalue weighted by Crippen LogP contribution is -2.15. The zero-order valence-corrected chi connectivity index (χ0v) is 17.5. The lowest BCUT2D eigenvalue weighted by Gasteiger charge is -2.12. The largest absolute Gasteiger partial charge is 0.464 e. The van der Waals surface area contributed by atoms with Crippen molar-refractivity contribution in [2.45, 2.75) is 13.3 Å². The first kappa shape index (κ1) is 19.8. The fourth-order valence-corrected chi connectivity index (χ4v) is 4.03. The van der Waals surface area contributed by atoms with Crippen LogP contribution in [0, 0.1) is 0 Å². The Labute approximate surface area is 184 Å². The summed E-state index contributed by atoms with van der Waals surface area (Å²) < 4.78 is 16.6. The second-order valence-corrected chi connectivity index (χ2v) is 7.46. The molecule has 1 heterocycles. The van der Waals surface area contributed by atoms with Crippen molar-refractivity contribution in [3.05, 3.63) is 90.2 Å². The van der Waals surface area contributed by atoms with E-state index in [0.29, 0.717) is 11.0 Å². The van der Waals surface area contributed by atoms with E-state index in [0.717, 1.165) is 27.1 Å². The average Bonchev–Trinajstić information content (AvgIpc) is 3.22. The molecule has 4 aromatic carbocycles. The van der Waals surface area contributed by atoms with Crippen LogP contribution in [0.3, 0.4) is 0 Å². The number of hydrogen-bond donors (Lipinski definition) is 0. The molecular formula is C27H20O5. The SMILES string of the molecule is CCOC(=O)c1ccc2ccccc2c1OC(=O)Cc1coc2ccc3ccccc3c12. The van der Waals surface area contributed by atoms with Crippen molar-refractivity contribution in [1.82, 2.24) is 0 Å². The standard InChI is InChI=1S/C27H20O5/c1-2-30-27(29)22-13-11-18-8-4-6-10-21(18)26(22)32-24(28)15-19-16-31-23-14-12-17-7-3-5-9-20(17)25(19)23/h3-14,16H,2,15H2,1H3. The predicted octanol–water partition coefficient (Wildman–Crippen LogP) is 6.06. The Kier molecular flexibility index (Phi) is 5.07. The van der Waals surface area contributed by atoms with E-state index in [1.165, 1.54) is 0 Å². The molecule has 5 nitrogen and oxygen atoms in total. The van der Waals surface area contributed by atoms with Crippen molar-refractivity contribution >= 4 is 44.5 Å². The monoisotopic (exact) mass is 424 g/mol. The molecule has 5 heteroatoms. The predicted molar refractivity (Wildman–Crippen MR) is 123 cm³/mol. The van der Waals surface area contributed by atoms with Gasteiger partial charge in [-0.05, 0) is 35.2 Å². The van der Waals surface area contributed by atoms with Crippen LogP contribution in [-0.2, 0) is 16.0 Å². The van der Waals surface area contributed by atoms with Gasteiger partial charge >= 0.3 is 11.9 Å². The molecule has 0 aliphatic carbocycles. The quantitative estimate of drug-likeness (QED) is 0.253. The minimum Gasteiger partial charge on any atom is -0.464 e. The van der Waals surface area contributed by atoms with Crippen LogP contribution in [0.1, 0.15) is 22.8 Å². The van der Waals surface area contributed by atoms with Crippen molar-refractivity contribution < 1.29 is 23.5 Å². The van der Waals surface area contributed by atoms with Crippen LogP contribution in [0.4, 0.5) is 0 Å². The molecule has 0 fully saturated rings. The molecule has 0 atom stereocenters. The van der Waals surface area contributed by atoms with Gasteiger partial charge in [0.05, 0.1) is 19.3 Å². The minimum absolute atomic E-state index is 0.00644. The molecule has 1 aromatic heterocycles. The Balaban J connectivity index is 1.53. The van der Waals surface area contributed by atoms with Gasteiger partial charge in [-0.3, -0.25) is 4.79 Å². The molecule has 0 unspecified atom stereocenters. The Hall–Kier alpha value is -4.12. The molecule has 0 saturated carbocycles. The third kappa shape index (κ3) is 3.48. The highest BCUT2D eigenvalue weighted by molar-refractivity contribution is 6.08. The van der Waals surface area contributed by atoms with E-state index in [-0.39, 0.29) is 24.3 Å². The number of fused-ring (bicyclic) bond motifs is 4. The Morgan fingerprint density at radius 2 is 1.53 bits per heavy atom. The van der Waals surface area contributed by atoms with Crippen LogP contribution < -0.4 is 4.74 Å². The van der Waals surface area contributed by atoms with Crippen molar-refractivity contribution in [2.75, 3.05) is 6.61 Å². The van der Waals surface area contributed by atoms with Crippen LogP contribution >= 0.6 is 0 Å². The highest BCUT2D eigenvalue weighted by Gasteiger charge is 2.21. The number of carbonyl (C=O) groups excluding carboxylic acids is 2. The van der Waals surface area contributed by atoms with Crippen molar-refractivity contribution in [2.24, 2.45) is 0 Å². The van der Waals surface area contributed by atoms with Gasteiger partial charge in [0.2, 0.25) is 0 Å². The molecule has 0 bridgehead atoms. The van der Waals surface area contributed by atoms with E-state index in [4.69, 9.17) is 13.9 Å². The lowest BCUT2D eigenvalue weighted by molar-refractivity contribution is -0.133. The van der Waals surface area contributed by atoms with Gasteiger partial charge in [-0.15, -0.1) is 0 Å². The fourth-order valence-electron chi connectivity index (χ4n) is 4.03. The van der Waals surface area contributed by atoms with Crippen LogP contribution in [0.25, 0.3) is 32.5 Å². The first-order valence-electron chi connectivity index (χ1n) is 10.4. The molecule has 32 heavy (non-hydrogen) atoms. The van der Waals surface area contributed by atoms with Crippen molar-refractivity contribution in [3.8, 4) is 5.75 Å². The molecule has 0 saturated heterocycles. The van der Waals surface area contributed by atoms with Crippen molar-refractivity contribution in [3.63, 3.8) is 0 Å². The average molecular weight is 424 g/mol. The van der Waals surface area contributed by atoms with E-state index >= 15 is 0 Å². The summed E-state index contributed by atoms with van der Waals surface area (Å²) in [6.07, 6.45) is 1.60. The number of esters is 2. The summed E-state index contributed by atoms with van der Waals surface area (Å²) in [6.45, 7) is 1.96. The van der Waals surface area contributed by atoms with Gasteiger partial charge in [-0.2, -0.15) is 0 Å². The van der Waals surface area contributed by atoms with E-state index in [1.54, 1.807) is 19.3 Å². The van der Waals surface area contributed by atoms with Gasteiger partial charge in [-0.1, -0.05) is 60.7 Å². The summed E-state index contributed by atoms with van der Waals surface area (Å²) in [5.41, 5.74) is 1.67. The fraction of sp³-hybridized carbons (Fsp3) is 0.111. The number of carbonyl (C=O) groups is 2. The van der Waals surface area contributed by atoms with Crippen LogP contribution in [0.5, 0.6) is 5.75 Å². The number of hydrogen-bond acceptors (Lipinski definition) is 5. The van der Waals surface area contributed by atoms with E-state index in [9.17, 15) is 9.59 Å². The molecule has 5 rings (SSSR count). The lowest BCUT2D eigenvalue weighted by atomic mass is 10.0. The van der Waals surface area contributed by atoms with E-state index in [2.05, 4.69) is 0 Å². The van der Waals surface area contributed by atoms with Gasteiger partial charge in [0.1, 0.15) is 11.1 Å². The van der Waals surface area contributed by atoms with Gasteiger partial charge < -0.3 is 13.9 Å². The Morgan fingerprint density at radius 3 is 2.31 bits per heavy atom. The minimum atomic E-state index is -0.527. The summed E-state index contributed by atoms with van der Waals surface area (Å²) in [7, 11) is 0. The van der Waals surface area contributed by atoms with Crippen LogP contribution in [0.15, 0.2) is 83.5 Å². The van der Waals surface area contributed by atoms with Crippen molar-refractivity contribution in [1.29, 1.82) is 0 Å². The molecule has 0 aliphatic heterocycles. The first-order valence-corrected chi connectivity index (χ1v) is 10.4. The summed E-state index contributed by atoms with van der Waals surface area (Å²) in [5.74, 6) is -0.799. The molecular weight excluding hydrogens is 404 g/mol. The van der Waals surface area contributed by atoms with Gasteiger partial charge in [-0.25, -0.2) is 4.79 Å². The Bertz CT molecular complexity index is 1480. The van der Waals surface area contributed by atoms with Gasteiger partial charge in [0.15, 0.2) is 5.75 Å². The second kappa shape index (κ2) is 8.19. The summed E-state index contributed by atoms with van der Waals surface area (Å²) >= 11 is 0. The van der Waals surface area contributed by atoms with E-state index < -0.39 is 11.9 Å². The number of benzene rings is 4. The Morgan fingerprint density at radius 1 is 0.844 bits per heavy atom. The first-order chi connectivity index (χ1) is 15.7. The molecule has 0 radical (unpaired) electrons. The number of furan rings is 1. The van der Waals surface area contributed by atoms with Crippen LogP contribution in [-0.4, -0.2) is 18.5 Å². The van der Waals surface area contributed by atoms with Crippen LogP contribution in [0.2, 0.25) is 0 Å². The molecule has 158 valence electrons. The second-order valence-electron chi connectivity index (χ2n) is 7.46. The topological polar surface area (TPSA) is 65.7 Å². The third-order valence-electron chi connectivity index (χ3n) is 5.47. The van der Waals surface area contributed by atoms with Gasteiger partial charge in [0, 0.05) is 16.3 Å². The smallest absolute Gasteiger partial charge is 0.341 e. The highest BCUT2D eigenvalue weighted by atomic mass is 16.5. The maximum atomic E-state index is 13.0. The summed E-state index contributed by atoms with van der Waals surface area (Å²) in [4.78, 5) is 25.5. The zero-order chi connectivity index (χ0) is 22.1. The maximum Gasteiger partial charge on any atom is 0.341 e. The van der Waals surface area contributed by atoms with E-state index in [1.807, 2.05) is 66.7 Å². The normalized spacial score (nSPS) is 11.2. The van der Waals surface area contributed by atoms with Gasteiger partial charge in [0.25, 0.3) is 0 Å². The zero-order valence-electron chi connectivity index (χ0n) is 17.5. The molecule has 0 aliphatic rings. The number of ether oxygens (including phenoxy) is 2. The molecule has 0 N–H and O–H groups in total. The molecule has 0 spiro atoms. The molecule has 0 amide bonds. The summed E-state index contributed by atoms with van der Waals surface area (Å²) in [5, 5.41) is 4.51. The third-order valence-corrected chi connectivity index (χ3v) is 5.47. The molecule has 5 aromatic rings.